The van der Waals surface area contributed by atoms with E-state index in [2.05, 4.69) is 39.0 Å². The summed E-state index contributed by atoms with van der Waals surface area (Å²) in [5.74, 6) is 0.589. The molecule has 0 aromatic heterocycles. The Hall–Kier alpha value is -0.380. The minimum atomic E-state index is -0.355. The Morgan fingerprint density at radius 2 is 2.12 bits per heavy atom. The monoisotopic (exact) mass is 281 g/mol. The zero-order chi connectivity index (χ0) is 11.2. The van der Waals surface area contributed by atoms with E-state index in [1.54, 1.807) is 0 Å². The summed E-state index contributed by atoms with van der Waals surface area (Å²) in [4.78, 5) is 2.32. The second-order valence-corrected chi connectivity index (χ2v) is 6.07. The lowest BCUT2D eigenvalue weighted by Crippen LogP contribution is -2.62. The van der Waals surface area contributed by atoms with E-state index < -0.39 is 0 Å². The van der Waals surface area contributed by atoms with Gasteiger partial charge in [-0.05, 0) is 36.5 Å². The maximum atomic E-state index is 10.2. The molecule has 1 aliphatic heterocycles. The number of benzene rings is 1. The molecule has 2 fully saturated rings. The van der Waals surface area contributed by atoms with E-state index in [0.29, 0.717) is 5.92 Å². The first-order valence-corrected chi connectivity index (χ1v) is 6.64. The van der Waals surface area contributed by atoms with Crippen LogP contribution in [-0.2, 0) is 6.54 Å². The molecule has 1 aromatic rings. The molecule has 1 aromatic carbocycles. The number of aliphatic hydroxyl groups is 1. The number of halogens is 1. The summed E-state index contributed by atoms with van der Waals surface area (Å²) in [6, 6.07) is 8.39. The first kappa shape index (κ1) is 10.8. The number of hydrogen-bond donors (Lipinski definition) is 1. The second kappa shape index (κ2) is 3.83. The zero-order valence-electron chi connectivity index (χ0n) is 9.19. The van der Waals surface area contributed by atoms with Crippen molar-refractivity contribution in [2.75, 3.05) is 13.1 Å². The van der Waals surface area contributed by atoms with Crippen molar-refractivity contribution < 1.29 is 5.11 Å². The lowest BCUT2D eigenvalue weighted by Gasteiger charge is -2.47. The van der Waals surface area contributed by atoms with Gasteiger partial charge in [-0.2, -0.15) is 0 Å². The first-order chi connectivity index (χ1) is 7.66. The average Bonchev–Trinajstić information content (AvgIpc) is 2.98. The second-order valence-electron chi connectivity index (χ2n) is 5.15. The van der Waals surface area contributed by atoms with E-state index in [4.69, 9.17) is 0 Å². The third-order valence-corrected chi connectivity index (χ3v) is 4.12. The smallest absolute Gasteiger partial charge is 0.0928 e. The van der Waals surface area contributed by atoms with Crippen LogP contribution >= 0.6 is 15.9 Å². The van der Waals surface area contributed by atoms with Gasteiger partial charge in [-0.1, -0.05) is 28.1 Å². The van der Waals surface area contributed by atoms with Crippen LogP contribution in [0.25, 0.3) is 0 Å². The summed E-state index contributed by atoms with van der Waals surface area (Å²) in [7, 11) is 0. The molecule has 3 heteroatoms. The van der Waals surface area contributed by atoms with Crippen LogP contribution in [0.4, 0.5) is 0 Å². The Balaban J connectivity index is 1.58. The Morgan fingerprint density at radius 3 is 2.75 bits per heavy atom. The van der Waals surface area contributed by atoms with Crippen LogP contribution in [0.3, 0.4) is 0 Å². The van der Waals surface area contributed by atoms with E-state index in [0.717, 1.165) is 24.1 Å². The van der Waals surface area contributed by atoms with Gasteiger partial charge in [0.05, 0.1) is 5.60 Å². The molecule has 86 valence electrons. The molecule has 0 bridgehead atoms. The highest BCUT2D eigenvalue weighted by Gasteiger charge is 2.51. The van der Waals surface area contributed by atoms with E-state index >= 15 is 0 Å². The van der Waals surface area contributed by atoms with Gasteiger partial charge in [-0.15, -0.1) is 0 Å². The molecular formula is C13H16BrNO. The lowest BCUT2D eigenvalue weighted by molar-refractivity contribution is -0.116. The molecule has 1 N–H and O–H groups in total. The number of likely N-dealkylation sites (tertiary alicyclic amines) is 1. The van der Waals surface area contributed by atoms with Crippen LogP contribution in [0.2, 0.25) is 0 Å². The Bertz CT molecular complexity index is 397. The maximum absolute atomic E-state index is 10.2. The molecule has 0 unspecified atom stereocenters. The first-order valence-electron chi connectivity index (χ1n) is 5.85. The van der Waals surface area contributed by atoms with Gasteiger partial charge < -0.3 is 5.11 Å². The van der Waals surface area contributed by atoms with Crippen LogP contribution < -0.4 is 0 Å². The summed E-state index contributed by atoms with van der Waals surface area (Å²) in [5, 5.41) is 10.2. The van der Waals surface area contributed by atoms with Crippen LogP contribution in [0.1, 0.15) is 18.4 Å². The Kier molecular flexibility index (Phi) is 2.57. The highest BCUT2D eigenvalue weighted by atomic mass is 79.9. The third kappa shape index (κ3) is 2.04. The maximum Gasteiger partial charge on any atom is 0.0928 e. The van der Waals surface area contributed by atoms with Crippen LogP contribution in [-0.4, -0.2) is 28.7 Å². The lowest BCUT2D eigenvalue weighted by atomic mass is 9.88. The standard InChI is InChI=1S/C13H16BrNO/c14-12-3-1-2-10(6-12)7-15-8-13(16,9-15)11-4-5-11/h1-3,6,11,16H,4-5,7-9H2. The fourth-order valence-corrected chi connectivity index (χ4v) is 3.06. The van der Waals surface area contributed by atoms with Crippen molar-refractivity contribution in [1.29, 1.82) is 0 Å². The van der Waals surface area contributed by atoms with E-state index in [1.807, 2.05) is 6.07 Å². The SMILES string of the molecule is OC1(C2CC2)CN(Cc2cccc(Br)c2)C1. The summed E-state index contributed by atoms with van der Waals surface area (Å²) < 4.78 is 1.13. The quantitative estimate of drug-likeness (QED) is 0.920. The minimum absolute atomic E-state index is 0.355. The van der Waals surface area contributed by atoms with Gasteiger partial charge in [-0.25, -0.2) is 0 Å². The zero-order valence-corrected chi connectivity index (χ0v) is 10.8. The molecule has 1 saturated carbocycles. The number of rotatable bonds is 3. The molecule has 2 nitrogen and oxygen atoms in total. The molecule has 3 rings (SSSR count). The normalized spacial score (nSPS) is 24.1. The van der Waals surface area contributed by atoms with Gasteiger partial charge in [-0.3, -0.25) is 4.90 Å². The fourth-order valence-electron chi connectivity index (χ4n) is 2.61. The van der Waals surface area contributed by atoms with Gasteiger partial charge in [0.1, 0.15) is 0 Å². The molecule has 16 heavy (non-hydrogen) atoms. The van der Waals surface area contributed by atoms with Crippen LogP contribution in [0, 0.1) is 5.92 Å². The highest BCUT2D eigenvalue weighted by Crippen LogP contribution is 2.44. The van der Waals surface area contributed by atoms with Crippen molar-refractivity contribution >= 4 is 15.9 Å². The average molecular weight is 282 g/mol. The molecule has 0 atom stereocenters. The predicted molar refractivity (Wildman–Crippen MR) is 67.1 cm³/mol. The fraction of sp³-hybridized carbons (Fsp3) is 0.538. The number of hydrogen-bond acceptors (Lipinski definition) is 2. The van der Waals surface area contributed by atoms with Gasteiger partial charge in [0.25, 0.3) is 0 Å². The molecule has 0 spiro atoms. The van der Waals surface area contributed by atoms with E-state index in [-0.39, 0.29) is 5.60 Å². The van der Waals surface area contributed by atoms with Gasteiger partial charge in [0.15, 0.2) is 0 Å². The Morgan fingerprint density at radius 1 is 1.38 bits per heavy atom. The third-order valence-electron chi connectivity index (χ3n) is 3.63. The minimum Gasteiger partial charge on any atom is -0.387 e. The van der Waals surface area contributed by atoms with E-state index in [1.165, 1.54) is 18.4 Å². The van der Waals surface area contributed by atoms with Crippen LogP contribution in [0.5, 0.6) is 0 Å². The van der Waals surface area contributed by atoms with E-state index in [9.17, 15) is 5.11 Å². The molecule has 2 aliphatic rings. The van der Waals surface area contributed by atoms with Crippen molar-refractivity contribution in [3.8, 4) is 0 Å². The van der Waals surface area contributed by atoms with Crippen molar-refractivity contribution in [3.05, 3.63) is 34.3 Å². The molecule has 1 heterocycles. The number of β-amino-alcohol motifs (C(OH)–C–C–N with tert-alkyl or cyclic N) is 1. The molecule has 0 radical (unpaired) electrons. The van der Waals surface area contributed by atoms with Gasteiger partial charge in [0, 0.05) is 24.1 Å². The van der Waals surface area contributed by atoms with Crippen molar-refractivity contribution in [1.82, 2.24) is 4.90 Å². The van der Waals surface area contributed by atoms with Gasteiger partial charge in [0.2, 0.25) is 0 Å². The summed E-state index contributed by atoms with van der Waals surface area (Å²) >= 11 is 3.48. The number of nitrogens with zero attached hydrogens (tertiary/aromatic N) is 1. The molecule has 0 amide bonds. The predicted octanol–water partition coefficient (Wildman–Crippen LogP) is 2.41. The van der Waals surface area contributed by atoms with Crippen LogP contribution in [0.15, 0.2) is 28.7 Å². The van der Waals surface area contributed by atoms with Crippen molar-refractivity contribution in [2.45, 2.75) is 25.0 Å². The summed E-state index contributed by atoms with van der Waals surface area (Å²) in [6.07, 6.45) is 2.45. The summed E-state index contributed by atoms with van der Waals surface area (Å²) in [6.45, 7) is 2.66. The molecular weight excluding hydrogens is 266 g/mol. The van der Waals surface area contributed by atoms with Gasteiger partial charge >= 0.3 is 0 Å². The van der Waals surface area contributed by atoms with Crippen molar-refractivity contribution in [2.24, 2.45) is 5.92 Å². The molecule has 1 saturated heterocycles. The van der Waals surface area contributed by atoms with Crippen molar-refractivity contribution in [3.63, 3.8) is 0 Å². The topological polar surface area (TPSA) is 23.5 Å². The highest BCUT2D eigenvalue weighted by molar-refractivity contribution is 9.10. The Labute approximate surface area is 104 Å². The largest absolute Gasteiger partial charge is 0.387 e. The molecule has 1 aliphatic carbocycles. The summed E-state index contributed by atoms with van der Waals surface area (Å²) in [5.41, 5.74) is 0.957.